The molecule has 1 heterocycles. The number of thioether (sulfide) groups is 1. The smallest absolute Gasteiger partial charge is 0.240 e. The van der Waals surface area contributed by atoms with Gasteiger partial charge in [-0.25, -0.2) is 13.1 Å². The predicted octanol–water partition coefficient (Wildman–Crippen LogP) is 0.596. The van der Waals surface area contributed by atoms with Crippen molar-refractivity contribution in [2.45, 2.75) is 29.5 Å². The number of carbonyl (C=O) groups excluding carboxylic acids is 1. The number of nitrogens with one attached hydrogen (secondary N) is 1. The second kappa shape index (κ2) is 6.57. The maximum atomic E-state index is 12.4. The second-order valence-electron chi connectivity index (χ2n) is 5.29. The highest BCUT2D eigenvalue weighted by atomic mass is 32.2. The number of amides is 1. The van der Waals surface area contributed by atoms with Gasteiger partial charge in [-0.15, -0.1) is 0 Å². The molecule has 1 amide bonds. The van der Waals surface area contributed by atoms with Crippen LogP contribution in [0, 0.1) is 0 Å². The number of aliphatic hydroxyl groups is 1. The number of likely N-dealkylation sites (N-methyl/N-ethyl adjacent to an activating group) is 1. The molecular formula is C14H20N2O4S2. The maximum absolute atomic E-state index is 12.4. The lowest BCUT2D eigenvalue weighted by molar-refractivity contribution is -0.117. The summed E-state index contributed by atoms with van der Waals surface area (Å²) < 4.78 is 27.5. The Bertz CT molecular complexity index is 671. The van der Waals surface area contributed by atoms with Crippen LogP contribution in [-0.4, -0.2) is 50.6 Å². The van der Waals surface area contributed by atoms with E-state index >= 15 is 0 Å². The van der Waals surface area contributed by atoms with Gasteiger partial charge in [0.2, 0.25) is 15.9 Å². The van der Waals surface area contributed by atoms with Gasteiger partial charge in [0.25, 0.3) is 0 Å². The van der Waals surface area contributed by atoms with E-state index in [4.69, 9.17) is 0 Å². The van der Waals surface area contributed by atoms with Crippen molar-refractivity contribution in [3.05, 3.63) is 23.8 Å². The van der Waals surface area contributed by atoms with Crippen molar-refractivity contribution < 1.29 is 18.3 Å². The van der Waals surface area contributed by atoms with Gasteiger partial charge in [0.05, 0.1) is 17.9 Å². The quantitative estimate of drug-likeness (QED) is 0.789. The van der Waals surface area contributed by atoms with Crippen LogP contribution in [0.5, 0.6) is 0 Å². The van der Waals surface area contributed by atoms with E-state index in [2.05, 4.69) is 4.72 Å². The third-order valence-corrected chi connectivity index (χ3v) is 6.54. The third kappa shape index (κ3) is 3.29. The molecule has 0 spiro atoms. The van der Waals surface area contributed by atoms with Gasteiger partial charge < -0.3 is 10.0 Å². The monoisotopic (exact) mass is 344 g/mol. The lowest BCUT2D eigenvalue weighted by atomic mass is 10.2. The third-order valence-electron chi connectivity index (χ3n) is 3.82. The van der Waals surface area contributed by atoms with E-state index in [9.17, 15) is 18.3 Å². The minimum Gasteiger partial charge on any atom is -0.395 e. The molecule has 8 heteroatoms. The van der Waals surface area contributed by atoms with Crippen molar-refractivity contribution >= 4 is 33.4 Å². The summed E-state index contributed by atoms with van der Waals surface area (Å²) in [6, 6.07) is 4.29. The molecule has 1 aliphatic heterocycles. The molecule has 2 unspecified atom stereocenters. The molecule has 0 saturated heterocycles. The number of carbonyl (C=O) groups is 1. The number of hydrogen-bond donors (Lipinski definition) is 2. The summed E-state index contributed by atoms with van der Waals surface area (Å²) in [4.78, 5) is 13.3. The Morgan fingerprint density at radius 2 is 2.14 bits per heavy atom. The molecule has 2 atom stereocenters. The van der Waals surface area contributed by atoms with Crippen molar-refractivity contribution in [3.63, 3.8) is 0 Å². The van der Waals surface area contributed by atoms with E-state index in [0.717, 1.165) is 5.69 Å². The van der Waals surface area contributed by atoms with Crippen LogP contribution in [0.4, 0.5) is 5.69 Å². The Labute approximate surface area is 134 Å². The standard InChI is InChI=1S/C14H20N2O4S2/c1-9(13(8-17)21-3)15-22(19,20)11-4-5-12-10(6-11)7-14(18)16(12)2/h4-6,9,13,15,17H,7-8H2,1-3H3. The van der Waals surface area contributed by atoms with Crippen LogP contribution < -0.4 is 9.62 Å². The molecule has 1 aromatic carbocycles. The molecule has 122 valence electrons. The van der Waals surface area contributed by atoms with Gasteiger partial charge in [0.1, 0.15) is 0 Å². The summed E-state index contributed by atoms with van der Waals surface area (Å²) in [5.74, 6) is -0.0476. The molecule has 0 radical (unpaired) electrons. The second-order valence-corrected chi connectivity index (χ2v) is 8.08. The molecule has 2 rings (SSSR count). The van der Waals surface area contributed by atoms with Crippen LogP contribution in [-0.2, 0) is 21.2 Å². The summed E-state index contributed by atoms with van der Waals surface area (Å²) in [7, 11) is -2.01. The highest BCUT2D eigenvalue weighted by molar-refractivity contribution is 7.99. The van der Waals surface area contributed by atoms with Gasteiger partial charge in [-0.3, -0.25) is 4.79 Å². The van der Waals surface area contributed by atoms with Crippen LogP contribution in [0.1, 0.15) is 12.5 Å². The summed E-state index contributed by atoms with van der Waals surface area (Å²) in [6.45, 7) is 1.62. The lowest BCUT2D eigenvalue weighted by Gasteiger charge is -2.21. The first-order chi connectivity index (χ1) is 10.3. The van der Waals surface area contributed by atoms with Gasteiger partial charge in [0, 0.05) is 24.0 Å². The zero-order valence-electron chi connectivity index (χ0n) is 12.7. The predicted molar refractivity (Wildman–Crippen MR) is 87.7 cm³/mol. The summed E-state index contributed by atoms with van der Waals surface area (Å²) >= 11 is 1.41. The van der Waals surface area contributed by atoms with E-state index in [-0.39, 0.29) is 29.1 Å². The van der Waals surface area contributed by atoms with Crippen LogP contribution in [0.2, 0.25) is 0 Å². The molecule has 0 aliphatic carbocycles. The molecular weight excluding hydrogens is 324 g/mol. The van der Waals surface area contributed by atoms with Gasteiger partial charge in [0.15, 0.2) is 0 Å². The SMILES string of the molecule is CSC(CO)C(C)NS(=O)(=O)c1ccc2c(c1)CC(=O)N2C. The number of fused-ring (bicyclic) bond motifs is 1. The van der Waals surface area contributed by atoms with Gasteiger partial charge in [-0.05, 0) is 36.9 Å². The number of rotatable bonds is 6. The van der Waals surface area contributed by atoms with Crippen molar-refractivity contribution in [1.82, 2.24) is 4.72 Å². The highest BCUT2D eigenvalue weighted by Gasteiger charge is 2.27. The van der Waals surface area contributed by atoms with Crippen molar-refractivity contribution in [1.29, 1.82) is 0 Å². The number of sulfonamides is 1. The fourth-order valence-corrected chi connectivity index (χ4v) is 4.49. The molecule has 0 saturated carbocycles. The average Bonchev–Trinajstić information content (AvgIpc) is 2.74. The average molecular weight is 344 g/mol. The zero-order chi connectivity index (χ0) is 16.5. The van der Waals surface area contributed by atoms with Gasteiger partial charge in [-0.2, -0.15) is 11.8 Å². The van der Waals surface area contributed by atoms with Crippen LogP contribution in [0.25, 0.3) is 0 Å². The molecule has 1 aliphatic rings. The van der Waals surface area contributed by atoms with Gasteiger partial charge >= 0.3 is 0 Å². The van der Waals surface area contributed by atoms with Crippen LogP contribution in [0.3, 0.4) is 0 Å². The van der Waals surface area contributed by atoms with E-state index in [0.29, 0.717) is 5.56 Å². The number of anilines is 1. The fourth-order valence-electron chi connectivity index (χ4n) is 2.44. The molecule has 0 bridgehead atoms. The Balaban J connectivity index is 2.24. The first-order valence-electron chi connectivity index (χ1n) is 6.85. The van der Waals surface area contributed by atoms with E-state index < -0.39 is 16.1 Å². The molecule has 2 N–H and O–H groups in total. The van der Waals surface area contributed by atoms with Crippen molar-refractivity contribution in [2.24, 2.45) is 0 Å². The largest absolute Gasteiger partial charge is 0.395 e. The fraction of sp³-hybridized carbons (Fsp3) is 0.500. The zero-order valence-corrected chi connectivity index (χ0v) is 14.4. The Hall–Kier alpha value is -1.09. The Morgan fingerprint density at radius 3 is 2.73 bits per heavy atom. The van der Waals surface area contributed by atoms with Crippen molar-refractivity contribution in [2.75, 3.05) is 24.8 Å². The Morgan fingerprint density at radius 1 is 1.45 bits per heavy atom. The number of nitrogens with zero attached hydrogens (tertiary/aromatic N) is 1. The molecule has 0 fully saturated rings. The number of benzene rings is 1. The lowest BCUT2D eigenvalue weighted by Crippen LogP contribution is -2.41. The van der Waals surface area contributed by atoms with Crippen LogP contribution >= 0.6 is 11.8 Å². The Kier molecular flexibility index (Phi) is 5.16. The summed E-state index contributed by atoms with van der Waals surface area (Å²) in [5.41, 5.74) is 1.46. The number of hydrogen-bond acceptors (Lipinski definition) is 5. The summed E-state index contributed by atoms with van der Waals surface area (Å²) in [6.07, 6.45) is 2.04. The first kappa shape index (κ1) is 17.3. The minimum absolute atomic E-state index is 0.0476. The van der Waals surface area contributed by atoms with E-state index in [1.54, 1.807) is 26.1 Å². The minimum atomic E-state index is -3.69. The topological polar surface area (TPSA) is 86.7 Å². The highest BCUT2D eigenvalue weighted by Crippen LogP contribution is 2.29. The van der Waals surface area contributed by atoms with Crippen LogP contribution in [0.15, 0.2) is 23.1 Å². The molecule has 1 aromatic rings. The van der Waals surface area contributed by atoms with Gasteiger partial charge in [-0.1, -0.05) is 0 Å². The normalized spacial score (nSPS) is 17.5. The molecule has 0 aromatic heterocycles. The molecule has 6 nitrogen and oxygen atoms in total. The van der Waals surface area contributed by atoms with Crippen molar-refractivity contribution in [3.8, 4) is 0 Å². The van der Waals surface area contributed by atoms with E-state index in [1.807, 2.05) is 6.26 Å². The number of aliphatic hydroxyl groups excluding tert-OH is 1. The molecule has 22 heavy (non-hydrogen) atoms. The maximum Gasteiger partial charge on any atom is 0.240 e. The van der Waals surface area contributed by atoms with E-state index in [1.165, 1.54) is 22.7 Å². The first-order valence-corrected chi connectivity index (χ1v) is 9.62. The summed E-state index contributed by atoms with van der Waals surface area (Å²) in [5, 5.41) is 9.04.